The number of hydrogen-bond acceptors (Lipinski definition) is 8. The van der Waals surface area contributed by atoms with Gasteiger partial charge in [0.2, 0.25) is 11.8 Å². The van der Waals surface area contributed by atoms with Crippen LogP contribution < -0.4 is 21.0 Å². The number of piperidine rings is 1. The average Bonchev–Trinajstić information content (AvgIpc) is 3.00. The molecule has 1 saturated heterocycles. The summed E-state index contributed by atoms with van der Waals surface area (Å²) < 4.78 is 17.3. The van der Waals surface area contributed by atoms with Gasteiger partial charge >= 0.3 is 11.9 Å². The topological polar surface area (TPSA) is 120 Å². The SMILES string of the molecule is COC(=O)c1cc(CO[Si](c2ccccc2)(c2ccccc2)C(C)(C)C)c(C(=O)OC)cc1CNC1CCC(=O)NC1=O. The fourth-order valence-electron chi connectivity index (χ4n) is 5.62. The van der Waals surface area contributed by atoms with Gasteiger partial charge in [-0.3, -0.25) is 14.9 Å². The molecule has 4 rings (SSSR count). The molecule has 0 saturated carbocycles. The smallest absolute Gasteiger partial charge is 0.338 e. The number of carbonyl (C=O) groups excluding carboxylic acids is 4. The van der Waals surface area contributed by atoms with Gasteiger partial charge in [0.15, 0.2) is 0 Å². The van der Waals surface area contributed by atoms with E-state index in [2.05, 4.69) is 55.7 Å². The molecule has 3 aromatic carbocycles. The molecule has 2 N–H and O–H groups in total. The van der Waals surface area contributed by atoms with Crippen LogP contribution in [0.1, 0.15) is 65.5 Å². The van der Waals surface area contributed by atoms with E-state index in [0.29, 0.717) is 17.5 Å². The molecule has 226 valence electrons. The van der Waals surface area contributed by atoms with Crippen molar-refractivity contribution < 1.29 is 33.1 Å². The van der Waals surface area contributed by atoms with Crippen molar-refractivity contribution >= 4 is 42.4 Å². The van der Waals surface area contributed by atoms with Gasteiger partial charge in [0.25, 0.3) is 8.32 Å². The van der Waals surface area contributed by atoms with Crippen molar-refractivity contribution in [1.82, 2.24) is 10.6 Å². The number of hydrogen-bond donors (Lipinski definition) is 2. The van der Waals surface area contributed by atoms with Crippen molar-refractivity contribution in [3.8, 4) is 0 Å². The normalized spacial score (nSPS) is 15.5. The van der Waals surface area contributed by atoms with E-state index in [0.717, 1.165) is 10.4 Å². The van der Waals surface area contributed by atoms with Crippen LogP contribution in [0.4, 0.5) is 0 Å². The van der Waals surface area contributed by atoms with Gasteiger partial charge in [0.1, 0.15) is 0 Å². The maximum absolute atomic E-state index is 13.1. The molecule has 0 bridgehead atoms. The zero-order valence-electron chi connectivity index (χ0n) is 25.2. The van der Waals surface area contributed by atoms with Gasteiger partial charge in [-0.2, -0.15) is 0 Å². The molecule has 1 heterocycles. The molecule has 43 heavy (non-hydrogen) atoms. The molecule has 1 fully saturated rings. The monoisotopic (exact) mass is 602 g/mol. The van der Waals surface area contributed by atoms with Crippen LogP contribution in [0.5, 0.6) is 0 Å². The first-order chi connectivity index (χ1) is 20.5. The summed E-state index contributed by atoms with van der Waals surface area (Å²) in [4.78, 5) is 49.9. The molecule has 1 aliphatic rings. The maximum Gasteiger partial charge on any atom is 0.338 e. The highest BCUT2D eigenvalue weighted by atomic mass is 28.4. The third-order valence-corrected chi connectivity index (χ3v) is 12.8. The minimum absolute atomic E-state index is 0.0303. The molecular formula is C33H38N2O7Si. The van der Waals surface area contributed by atoms with Crippen LogP contribution >= 0.6 is 0 Å². The first-order valence-corrected chi connectivity index (χ1v) is 16.1. The summed E-state index contributed by atoms with van der Waals surface area (Å²) in [5.74, 6) is -1.93. The second-order valence-electron chi connectivity index (χ2n) is 11.5. The van der Waals surface area contributed by atoms with Crippen LogP contribution in [-0.4, -0.2) is 52.3 Å². The Morgan fingerprint density at radius 1 is 0.860 bits per heavy atom. The third kappa shape index (κ3) is 6.77. The molecule has 1 aliphatic heterocycles. The molecule has 9 nitrogen and oxygen atoms in total. The standard InChI is InChI=1S/C33H38N2O7Si/c1-33(2,3)43(24-12-8-6-9-13-24,25-14-10-7-11-15-25)42-21-23-19-26(31(38)40-4)22(18-27(23)32(39)41-5)20-34-28-16-17-29(36)35-30(28)37/h6-15,18-19,28,34H,16-17,20-21H2,1-5H3,(H,35,36,37). The Kier molecular flexibility index (Phi) is 9.95. The van der Waals surface area contributed by atoms with E-state index in [1.807, 2.05) is 36.4 Å². The molecule has 2 amide bonds. The number of carbonyl (C=O) groups is 4. The number of nitrogens with one attached hydrogen (secondary N) is 2. The molecule has 0 spiro atoms. The summed E-state index contributed by atoms with van der Waals surface area (Å²) in [6.45, 7) is 6.58. The van der Waals surface area contributed by atoms with Gasteiger partial charge in [0.05, 0.1) is 38.0 Å². The summed E-state index contributed by atoms with van der Waals surface area (Å²) in [5, 5.41) is 7.26. The summed E-state index contributed by atoms with van der Waals surface area (Å²) >= 11 is 0. The average molecular weight is 603 g/mol. The minimum Gasteiger partial charge on any atom is -0.465 e. The highest BCUT2D eigenvalue weighted by Gasteiger charge is 2.50. The Bertz CT molecular complexity index is 1450. The van der Waals surface area contributed by atoms with Gasteiger partial charge in [-0.05, 0) is 45.1 Å². The number of imide groups is 1. The van der Waals surface area contributed by atoms with E-state index >= 15 is 0 Å². The van der Waals surface area contributed by atoms with E-state index in [4.69, 9.17) is 13.9 Å². The summed E-state index contributed by atoms with van der Waals surface area (Å²) in [6, 6.07) is 22.8. The number of benzene rings is 3. The second-order valence-corrected chi connectivity index (χ2v) is 15.8. The quantitative estimate of drug-likeness (QED) is 0.206. The number of esters is 2. The van der Waals surface area contributed by atoms with E-state index in [9.17, 15) is 19.2 Å². The fraction of sp³-hybridized carbons (Fsp3) is 0.333. The Balaban J connectivity index is 1.78. The van der Waals surface area contributed by atoms with Crippen molar-refractivity contribution in [2.75, 3.05) is 14.2 Å². The molecule has 0 aliphatic carbocycles. The van der Waals surface area contributed by atoms with E-state index in [1.54, 1.807) is 12.1 Å². The van der Waals surface area contributed by atoms with Crippen LogP contribution in [-0.2, 0) is 36.6 Å². The van der Waals surface area contributed by atoms with Crippen molar-refractivity contribution in [2.45, 2.75) is 57.8 Å². The van der Waals surface area contributed by atoms with Crippen LogP contribution in [0.2, 0.25) is 5.04 Å². The molecule has 1 atom stereocenters. The molecular weight excluding hydrogens is 564 g/mol. The van der Waals surface area contributed by atoms with Crippen LogP contribution in [0, 0.1) is 0 Å². The number of amides is 2. The number of rotatable bonds is 10. The third-order valence-electron chi connectivity index (χ3n) is 7.78. The van der Waals surface area contributed by atoms with Crippen LogP contribution in [0.25, 0.3) is 0 Å². The zero-order valence-corrected chi connectivity index (χ0v) is 26.2. The van der Waals surface area contributed by atoms with Crippen LogP contribution in [0.3, 0.4) is 0 Å². The predicted molar refractivity (Wildman–Crippen MR) is 165 cm³/mol. The lowest BCUT2D eigenvalue weighted by atomic mass is 9.97. The van der Waals surface area contributed by atoms with E-state index < -0.39 is 32.2 Å². The first-order valence-electron chi connectivity index (χ1n) is 14.2. The summed E-state index contributed by atoms with van der Waals surface area (Å²) in [6.07, 6.45) is 0.533. The van der Waals surface area contributed by atoms with Crippen molar-refractivity contribution in [3.63, 3.8) is 0 Å². The Morgan fingerprint density at radius 3 is 1.86 bits per heavy atom. The Labute approximate surface area is 253 Å². The van der Waals surface area contributed by atoms with Gasteiger partial charge in [-0.1, -0.05) is 81.4 Å². The van der Waals surface area contributed by atoms with E-state index in [-0.39, 0.29) is 41.6 Å². The Morgan fingerprint density at radius 2 is 1.37 bits per heavy atom. The van der Waals surface area contributed by atoms with Gasteiger partial charge in [-0.25, -0.2) is 9.59 Å². The van der Waals surface area contributed by atoms with Crippen molar-refractivity contribution in [2.24, 2.45) is 0 Å². The molecule has 0 radical (unpaired) electrons. The van der Waals surface area contributed by atoms with Crippen molar-refractivity contribution in [3.05, 3.63) is 95.1 Å². The summed E-state index contributed by atoms with van der Waals surface area (Å²) in [7, 11) is -0.390. The predicted octanol–water partition coefficient (Wildman–Crippen LogP) is 3.23. The minimum atomic E-state index is -2.97. The zero-order chi connectivity index (χ0) is 31.2. The highest BCUT2D eigenvalue weighted by Crippen LogP contribution is 2.37. The number of methoxy groups -OCH3 is 2. The van der Waals surface area contributed by atoms with Crippen LogP contribution in [0.15, 0.2) is 72.8 Å². The number of ether oxygens (including phenoxy) is 2. The van der Waals surface area contributed by atoms with Gasteiger partial charge < -0.3 is 19.2 Å². The highest BCUT2D eigenvalue weighted by molar-refractivity contribution is 6.99. The lowest BCUT2D eigenvalue weighted by Gasteiger charge is -2.43. The molecule has 0 aromatic heterocycles. The van der Waals surface area contributed by atoms with Crippen molar-refractivity contribution in [1.29, 1.82) is 0 Å². The fourth-order valence-corrected chi connectivity index (χ4v) is 10.2. The second kappa shape index (κ2) is 13.5. The molecule has 1 unspecified atom stereocenters. The first kappa shape index (κ1) is 31.8. The lowest BCUT2D eigenvalue weighted by Crippen LogP contribution is -2.66. The molecule has 3 aromatic rings. The van der Waals surface area contributed by atoms with Gasteiger partial charge in [-0.15, -0.1) is 0 Å². The summed E-state index contributed by atoms with van der Waals surface area (Å²) in [5.41, 5.74) is 1.40. The lowest BCUT2D eigenvalue weighted by molar-refractivity contribution is -0.134. The van der Waals surface area contributed by atoms with Gasteiger partial charge in [0, 0.05) is 13.0 Å². The molecule has 10 heteroatoms. The maximum atomic E-state index is 13.1. The largest absolute Gasteiger partial charge is 0.465 e. The van der Waals surface area contributed by atoms with E-state index in [1.165, 1.54) is 14.2 Å². The Hall–Kier alpha value is -4.12.